The Balaban J connectivity index is 2.34. The Kier molecular flexibility index (Phi) is 3.77. The zero-order chi connectivity index (χ0) is 13.3. The first kappa shape index (κ1) is 13.5. The van der Waals surface area contributed by atoms with Gasteiger partial charge in [0, 0.05) is 15.8 Å². The van der Waals surface area contributed by atoms with Gasteiger partial charge in [0.05, 0.1) is 11.3 Å². The SMILES string of the molecule is Cc1nc(-c2ccc(C(F)(F)F)cc2)sc1CBr. The Labute approximate surface area is 115 Å². The Morgan fingerprint density at radius 2 is 1.83 bits per heavy atom. The minimum atomic E-state index is -4.29. The van der Waals surface area contributed by atoms with Crippen molar-refractivity contribution in [2.45, 2.75) is 18.4 Å². The van der Waals surface area contributed by atoms with Gasteiger partial charge >= 0.3 is 6.18 Å². The molecule has 2 rings (SSSR count). The van der Waals surface area contributed by atoms with Crippen LogP contribution in [0.5, 0.6) is 0 Å². The highest BCUT2D eigenvalue weighted by Crippen LogP contribution is 2.33. The van der Waals surface area contributed by atoms with Gasteiger partial charge in [-0.05, 0) is 19.1 Å². The van der Waals surface area contributed by atoms with Crippen molar-refractivity contribution < 1.29 is 13.2 Å². The van der Waals surface area contributed by atoms with Gasteiger partial charge in [0.25, 0.3) is 0 Å². The summed E-state index contributed by atoms with van der Waals surface area (Å²) in [6.07, 6.45) is -4.29. The van der Waals surface area contributed by atoms with Gasteiger partial charge in [0.1, 0.15) is 5.01 Å². The largest absolute Gasteiger partial charge is 0.416 e. The maximum Gasteiger partial charge on any atom is 0.416 e. The van der Waals surface area contributed by atoms with E-state index in [9.17, 15) is 13.2 Å². The van der Waals surface area contributed by atoms with E-state index in [-0.39, 0.29) is 0 Å². The van der Waals surface area contributed by atoms with Crippen molar-refractivity contribution in [3.63, 3.8) is 0 Å². The average molecular weight is 336 g/mol. The van der Waals surface area contributed by atoms with Gasteiger partial charge in [-0.2, -0.15) is 13.2 Å². The van der Waals surface area contributed by atoms with Gasteiger partial charge in [0.15, 0.2) is 0 Å². The molecule has 0 bridgehead atoms. The molecular formula is C12H9BrF3NS. The summed E-state index contributed by atoms with van der Waals surface area (Å²) in [7, 11) is 0. The summed E-state index contributed by atoms with van der Waals surface area (Å²) < 4.78 is 37.3. The summed E-state index contributed by atoms with van der Waals surface area (Å²) in [5.74, 6) is 0. The molecular weight excluding hydrogens is 327 g/mol. The average Bonchev–Trinajstić information content (AvgIpc) is 2.69. The van der Waals surface area contributed by atoms with Gasteiger partial charge < -0.3 is 0 Å². The summed E-state index contributed by atoms with van der Waals surface area (Å²) in [6.45, 7) is 1.89. The Morgan fingerprint density at radius 1 is 1.22 bits per heavy atom. The number of benzene rings is 1. The number of halogens is 4. The Bertz CT molecular complexity index is 545. The van der Waals surface area contributed by atoms with Gasteiger partial charge in [0.2, 0.25) is 0 Å². The van der Waals surface area contributed by atoms with Crippen molar-refractivity contribution in [1.82, 2.24) is 4.98 Å². The second-order valence-corrected chi connectivity index (χ2v) is 5.38. The monoisotopic (exact) mass is 335 g/mol. The molecule has 0 radical (unpaired) electrons. The standard InChI is InChI=1S/C12H9BrF3NS/c1-7-10(6-13)18-11(17-7)8-2-4-9(5-3-8)12(14,15)16/h2-5H,6H2,1H3. The smallest absolute Gasteiger partial charge is 0.241 e. The Morgan fingerprint density at radius 3 is 2.28 bits per heavy atom. The molecule has 0 spiro atoms. The molecule has 6 heteroatoms. The summed E-state index contributed by atoms with van der Waals surface area (Å²) in [5, 5.41) is 1.45. The van der Waals surface area contributed by atoms with Crippen LogP contribution in [0.1, 0.15) is 16.1 Å². The lowest BCUT2D eigenvalue weighted by Gasteiger charge is -2.06. The molecule has 0 aliphatic heterocycles. The number of aryl methyl sites for hydroxylation is 1. The molecule has 0 N–H and O–H groups in total. The third kappa shape index (κ3) is 2.75. The molecule has 0 aliphatic rings. The number of aromatic nitrogens is 1. The van der Waals surface area contributed by atoms with Crippen LogP contribution >= 0.6 is 27.3 Å². The third-order valence-electron chi connectivity index (χ3n) is 2.47. The number of alkyl halides is 4. The lowest BCUT2D eigenvalue weighted by atomic mass is 10.1. The van der Waals surface area contributed by atoms with Crippen LogP contribution in [0, 0.1) is 6.92 Å². The molecule has 2 aromatic rings. The molecule has 1 aromatic heterocycles. The van der Waals surface area contributed by atoms with Gasteiger partial charge in [-0.3, -0.25) is 0 Å². The highest BCUT2D eigenvalue weighted by atomic mass is 79.9. The fourth-order valence-electron chi connectivity index (χ4n) is 1.48. The molecule has 0 unspecified atom stereocenters. The number of rotatable bonds is 2. The van der Waals surface area contributed by atoms with Crippen LogP contribution in [0.2, 0.25) is 0 Å². The summed E-state index contributed by atoms with van der Waals surface area (Å²) in [6, 6.07) is 5.08. The molecule has 0 saturated heterocycles. The van der Waals surface area contributed by atoms with Crippen LogP contribution in [0.4, 0.5) is 13.2 Å². The van der Waals surface area contributed by atoms with Crippen LogP contribution in [0.15, 0.2) is 24.3 Å². The highest BCUT2D eigenvalue weighted by Gasteiger charge is 2.30. The number of nitrogens with zero attached hydrogens (tertiary/aromatic N) is 1. The summed E-state index contributed by atoms with van der Waals surface area (Å²) in [5.41, 5.74) is 0.982. The minimum absolute atomic E-state index is 0.639. The van der Waals surface area contributed by atoms with Crippen molar-refractivity contribution in [3.8, 4) is 10.6 Å². The predicted octanol–water partition coefficient (Wildman–Crippen LogP) is 5.03. The summed E-state index contributed by atoms with van der Waals surface area (Å²) >= 11 is 4.84. The molecule has 0 fully saturated rings. The summed E-state index contributed by atoms with van der Waals surface area (Å²) in [4.78, 5) is 5.44. The molecule has 1 heterocycles. The number of hydrogen-bond acceptors (Lipinski definition) is 2. The molecule has 0 aliphatic carbocycles. The maximum absolute atomic E-state index is 12.4. The van der Waals surface area contributed by atoms with E-state index >= 15 is 0 Å². The topological polar surface area (TPSA) is 12.9 Å². The van der Waals surface area contributed by atoms with Crippen molar-refractivity contribution in [3.05, 3.63) is 40.4 Å². The lowest BCUT2D eigenvalue weighted by molar-refractivity contribution is -0.137. The zero-order valence-corrected chi connectivity index (χ0v) is 11.8. The van der Waals surface area contributed by atoms with Crippen LogP contribution in [-0.2, 0) is 11.5 Å². The van der Waals surface area contributed by atoms with E-state index in [1.807, 2.05) is 6.92 Å². The van der Waals surface area contributed by atoms with E-state index in [1.165, 1.54) is 23.5 Å². The third-order valence-corrected chi connectivity index (χ3v) is 4.61. The maximum atomic E-state index is 12.4. The van der Waals surface area contributed by atoms with Crippen LogP contribution in [0.25, 0.3) is 10.6 Å². The zero-order valence-electron chi connectivity index (χ0n) is 9.38. The fourth-order valence-corrected chi connectivity index (χ4v) is 3.14. The van der Waals surface area contributed by atoms with Gasteiger partial charge in [-0.15, -0.1) is 11.3 Å². The second-order valence-electron chi connectivity index (χ2n) is 3.74. The van der Waals surface area contributed by atoms with E-state index in [0.29, 0.717) is 10.9 Å². The second kappa shape index (κ2) is 5.01. The lowest BCUT2D eigenvalue weighted by Crippen LogP contribution is -2.03. The van der Waals surface area contributed by atoms with Crippen molar-refractivity contribution in [2.75, 3.05) is 0 Å². The molecule has 18 heavy (non-hydrogen) atoms. The molecule has 1 nitrogen and oxygen atoms in total. The van der Waals surface area contributed by atoms with Crippen LogP contribution in [-0.4, -0.2) is 4.98 Å². The van der Waals surface area contributed by atoms with Crippen LogP contribution < -0.4 is 0 Å². The molecule has 0 saturated carbocycles. The van der Waals surface area contributed by atoms with Crippen molar-refractivity contribution in [2.24, 2.45) is 0 Å². The van der Waals surface area contributed by atoms with E-state index in [2.05, 4.69) is 20.9 Å². The molecule has 0 atom stereocenters. The minimum Gasteiger partial charge on any atom is -0.241 e. The van der Waals surface area contributed by atoms with E-state index < -0.39 is 11.7 Å². The van der Waals surface area contributed by atoms with Crippen LogP contribution in [0.3, 0.4) is 0 Å². The van der Waals surface area contributed by atoms with Crippen molar-refractivity contribution in [1.29, 1.82) is 0 Å². The predicted molar refractivity (Wildman–Crippen MR) is 69.9 cm³/mol. The van der Waals surface area contributed by atoms with E-state index in [4.69, 9.17) is 0 Å². The first-order chi connectivity index (χ1) is 8.41. The molecule has 0 amide bonds. The fraction of sp³-hybridized carbons (Fsp3) is 0.250. The highest BCUT2D eigenvalue weighted by molar-refractivity contribution is 9.08. The first-order valence-corrected chi connectivity index (χ1v) is 7.05. The van der Waals surface area contributed by atoms with E-state index in [0.717, 1.165) is 27.7 Å². The normalized spacial score (nSPS) is 11.8. The number of thiazole rings is 1. The van der Waals surface area contributed by atoms with E-state index in [1.54, 1.807) is 0 Å². The van der Waals surface area contributed by atoms with Gasteiger partial charge in [-0.1, -0.05) is 28.1 Å². The molecule has 96 valence electrons. The quantitative estimate of drug-likeness (QED) is 0.701. The van der Waals surface area contributed by atoms with Crippen molar-refractivity contribution >= 4 is 27.3 Å². The number of hydrogen-bond donors (Lipinski definition) is 0. The first-order valence-electron chi connectivity index (χ1n) is 5.11. The van der Waals surface area contributed by atoms with Gasteiger partial charge in [-0.25, -0.2) is 4.98 Å². The molecule has 1 aromatic carbocycles. The Hall–Kier alpha value is -0.880.